The molecule has 3 N–H and O–H groups in total. The van der Waals surface area contributed by atoms with Crippen molar-refractivity contribution in [3.8, 4) is 0 Å². The van der Waals surface area contributed by atoms with Gasteiger partial charge in [0, 0.05) is 24.9 Å². The molecule has 0 saturated heterocycles. The Hall–Kier alpha value is -4.07. The first-order chi connectivity index (χ1) is 18.3. The minimum Gasteiger partial charge on any atom is -0.324 e. The summed E-state index contributed by atoms with van der Waals surface area (Å²) in [5.74, 6) is 0.0355. The summed E-state index contributed by atoms with van der Waals surface area (Å²) in [6.07, 6.45) is 3.20. The Labute approximate surface area is 225 Å². The van der Waals surface area contributed by atoms with Crippen molar-refractivity contribution < 1.29 is 9.59 Å². The van der Waals surface area contributed by atoms with E-state index in [1.807, 2.05) is 74.8 Å². The Bertz CT molecular complexity index is 1250. The highest BCUT2D eigenvalue weighted by atomic mass is 16.2. The van der Waals surface area contributed by atoms with Gasteiger partial charge in [-0.15, -0.1) is 0 Å². The van der Waals surface area contributed by atoms with Gasteiger partial charge < -0.3 is 20.9 Å². The molecule has 0 saturated carbocycles. The molecule has 7 heteroatoms. The van der Waals surface area contributed by atoms with E-state index in [1.54, 1.807) is 18.2 Å². The Balaban J connectivity index is 1.69. The van der Waals surface area contributed by atoms with E-state index < -0.39 is 6.04 Å². The van der Waals surface area contributed by atoms with Gasteiger partial charge in [0.15, 0.2) is 0 Å². The van der Waals surface area contributed by atoms with E-state index in [0.717, 1.165) is 23.4 Å². The second-order valence-corrected chi connectivity index (χ2v) is 9.62. The van der Waals surface area contributed by atoms with Gasteiger partial charge in [-0.2, -0.15) is 0 Å². The van der Waals surface area contributed by atoms with Gasteiger partial charge in [0.05, 0.1) is 11.4 Å². The normalized spacial score (nSPS) is 12.1. The quantitative estimate of drug-likeness (QED) is 0.217. The van der Waals surface area contributed by atoms with Crippen molar-refractivity contribution in [1.29, 1.82) is 0 Å². The molecule has 0 radical (unpaired) electrons. The molecule has 0 spiro atoms. The number of nitrogens with one attached hydrogen (secondary N) is 3. The highest BCUT2D eigenvalue weighted by molar-refractivity contribution is 6.03. The van der Waals surface area contributed by atoms with Crippen molar-refractivity contribution >= 4 is 41.7 Å². The van der Waals surface area contributed by atoms with E-state index in [2.05, 4.69) is 46.4 Å². The summed E-state index contributed by atoms with van der Waals surface area (Å²) >= 11 is 0. The maximum absolute atomic E-state index is 13.3. The average molecular weight is 512 g/mol. The largest absolute Gasteiger partial charge is 0.324 e. The lowest BCUT2D eigenvalue weighted by molar-refractivity contribution is -0.118. The average Bonchev–Trinajstić information content (AvgIpc) is 2.91. The van der Waals surface area contributed by atoms with Crippen molar-refractivity contribution in [2.24, 2.45) is 4.99 Å². The zero-order valence-electron chi connectivity index (χ0n) is 22.6. The highest BCUT2D eigenvalue weighted by Crippen LogP contribution is 2.24. The van der Waals surface area contributed by atoms with Crippen LogP contribution in [0.15, 0.2) is 83.9 Å². The minimum atomic E-state index is -0.524. The summed E-state index contributed by atoms with van der Waals surface area (Å²) in [4.78, 5) is 31.6. The Kier molecular flexibility index (Phi) is 10.5. The third-order valence-electron chi connectivity index (χ3n) is 6.04. The lowest BCUT2D eigenvalue weighted by Gasteiger charge is -2.20. The van der Waals surface area contributed by atoms with E-state index in [1.165, 1.54) is 11.6 Å². The van der Waals surface area contributed by atoms with E-state index >= 15 is 0 Å². The van der Waals surface area contributed by atoms with Crippen LogP contribution in [0.4, 0.5) is 17.1 Å². The highest BCUT2D eigenvalue weighted by Gasteiger charge is 2.20. The van der Waals surface area contributed by atoms with Crippen LogP contribution in [0, 0.1) is 0 Å². The zero-order chi connectivity index (χ0) is 27.5. The van der Waals surface area contributed by atoms with Crippen LogP contribution in [0.5, 0.6) is 0 Å². The number of likely N-dealkylation sites (N-methyl/N-ethyl adjacent to an activating group) is 1. The smallest absolute Gasteiger partial charge is 0.248 e. The summed E-state index contributed by atoms with van der Waals surface area (Å²) in [7, 11) is 3.99. The molecule has 1 atom stereocenters. The van der Waals surface area contributed by atoms with Crippen molar-refractivity contribution in [2.45, 2.75) is 25.8 Å². The van der Waals surface area contributed by atoms with Crippen LogP contribution in [0.3, 0.4) is 0 Å². The number of rotatable bonds is 12. The lowest BCUT2D eigenvalue weighted by Crippen LogP contribution is -2.36. The molecular formula is C31H37N5O2. The van der Waals surface area contributed by atoms with Crippen LogP contribution in [0.2, 0.25) is 0 Å². The number of hydrogen-bond donors (Lipinski definition) is 3. The predicted octanol–water partition coefficient (Wildman–Crippen LogP) is 5.63. The summed E-state index contributed by atoms with van der Waals surface area (Å²) in [6.45, 7) is 9.27. The van der Waals surface area contributed by atoms with Gasteiger partial charge in [-0.1, -0.05) is 62.4 Å². The molecule has 0 aromatic heterocycles. The fourth-order valence-electron chi connectivity index (χ4n) is 3.82. The third kappa shape index (κ3) is 8.50. The van der Waals surface area contributed by atoms with Crippen LogP contribution in [0.1, 0.15) is 42.5 Å². The molecule has 0 aliphatic carbocycles. The van der Waals surface area contributed by atoms with Crippen LogP contribution in [-0.2, 0) is 9.59 Å². The first-order valence-electron chi connectivity index (χ1n) is 12.7. The third-order valence-corrected chi connectivity index (χ3v) is 6.04. The van der Waals surface area contributed by atoms with E-state index in [0.29, 0.717) is 23.8 Å². The van der Waals surface area contributed by atoms with Crippen LogP contribution in [-0.4, -0.2) is 50.6 Å². The molecular weight excluding hydrogens is 474 g/mol. The number of benzene rings is 3. The van der Waals surface area contributed by atoms with E-state index in [9.17, 15) is 9.59 Å². The summed E-state index contributed by atoms with van der Waals surface area (Å²) < 4.78 is 0. The lowest BCUT2D eigenvalue weighted by atomic mass is 10.0. The molecule has 0 aliphatic heterocycles. The van der Waals surface area contributed by atoms with Crippen LogP contribution >= 0.6 is 0 Å². The van der Waals surface area contributed by atoms with Gasteiger partial charge >= 0.3 is 0 Å². The fourth-order valence-corrected chi connectivity index (χ4v) is 3.82. The molecule has 7 nitrogen and oxygen atoms in total. The summed E-state index contributed by atoms with van der Waals surface area (Å²) in [6, 6.07) is 22.2. The molecule has 2 amide bonds. The van der Waals surface area contributed by atoms with Gasteiger partial charge in [-0.25, -0.2) is 0 Å². The van der Waals surface area contributed by atoms with Gasteiger partial charge in [0.2, 0.25) is 11.8 Å². The second-order valence-electron chi connectivity index (χ2n) is 9.62. The summed E-state index contributed by atoms with van der Waals surface area (Å²) in [5, 5.41) is 9.23. The molecule has 0 fully saturated rings. The standard InChI is InChI=1S/C31H37N5O2/c1-22(2)24-15-17-26(18-16-24)34-31(38)30(33-20-21-36(4)5)25-13-10-23(11-14-25)12-19-29(37)35-28-9-7-6-8-27(28)32-3/h6-19,22,30,33H,3,20-21H2,1-2,4-5H3,(H,34,38)(H,35,37)/b19-12+. The second kappa shape index (κ2) is 14.0. The van der Waals surface area contributed by atoms with Crippen LogP contribution in [0.25, 0.3) is 6.08 Å². The Morgan fingerprint density at radius 1 is 0.921 bits per heavy atom. The van der Waals surface area contributed by atoms with Crippen molar-refractivity contribution in [2.75, 3.05) is 37.8 Å². The number of nitrogens with zero attached hydrogens (tertiary/aromatic N) is 2. The predicted molar refractivity (Wildman–Crippen MR) is 158 cm³/mol. The molecule has 0 aliphatic rings. The van der Waals surface area contributed by atoms with Gasteiger partial charge in [0.25, 0.3) is 0 Å². The monoisotopic (exact) mass is 511 g/mol. The molecule has 0 heterocycles. The number of carbonyl (C=O) groups is 2. The molecule has 198 valence electrons. The molecule has 3 rings (SSSR count). The SMILES string of the molecule is C=Nc1ccccc1NC(=O)/C=C/c1ccc(C(NCCN(C)C)C(=O)Nc2ccc(C(C)C)cc2)cc1. The molecule has 1 unspecified atom stereocenters. The first kappa shape index (κ1) is 28.5. The maximum Gasteiger partial charge on any atom is 0.248 e. The van der Waals surface area contributed by atoms with Crippen molar-refractivity contribution in [3.63, 3.8) is 0 Å². The zero-order valence-corrected chi connectivity index (χ0v) is 22.6. The number of anilines is 2. The first-order valence-corrected chi connectivity index (χ1v) is 12.7. The number of carbonyl (C=O) groups excluding carboxylic acids is 2. The Morgan fingerprint density at radius 2 is 1.58 bits per heavy atom. The topological polar surface area (TPSA) is 85.8 Å². The molecule has 0 bridgehead atoms. The number of hydrogen-bond acceptors (Lipinski definition) is 5. The van der Waals surface area contributed by atoms with Gasteiger partial charge in [0.1, 0.15) is 6.04 Å². The van der Waals surface area contributed by atoms with E-state index in [-0.39, 0.29) is 11.8 Å². The van der Waals surface area contributed by atoms with Crippen molar-refractivity contribution in [3.05, 3.63) is 95.6 Å². The summed E-state index contributed by atoms with van der Waals surface area (Å²) in [5.41, 5.74) is 4.88. The molecule has 3 aromatic carbocycles. The maximum atomic E-state index is 13.3. The van der Waals surface area contributed by atoms with E-state index in [4.69, 9.17) is 0 Å². The van der Waals surface area contributed by atoms with Crippen molar-refractivity contribution in [1.82, 2.24) is 10.2 Å². The van der Waals surface area contributed by atoms with Gasteiger partial charge in [-0.3, -0.25) is 14.6 Å². The Morgan fingerprint density at radius 3 is 2.21 bits per heavy atom. The number of aliphatic imine (C=N–C) groups is 1. The molecule has 38 heavy (non-hydrogen) atoms. The number of amides is 2. The number of para-hydroxylation sites is 2. The molecule has 3 aromatic rings. The van der Waals surface area contributed by atoms with Crippen LogP contribution < -0.4 is 16.0 Å². The minimum absolute atomic E-state index is 0.127. The van der Waals surface area contributed by atoms with Gasteiger partial charge in [-0.05, 0) is 73.8 Å². The fraction of sp³-hybridized carbons (Fsp3) is 0.258.